The second kappa shape index (κ2) is 6.41. The van der Waals surface area contributed by atoms with Crippen LogP contribution in [0.15, 0.2) is 59.4 Å². The molecule has 2 aromatic heterocycles. The zero-order valence-electron chi connectivity index (χ0n) is 13.2. The maximum atomic E-state index is 5.96. The van der Waals surface area contributed by atoms with Gasteiger partial charge in [-0.15, -0.1) is 0 Å². The van der Waals surface area contributed by atoms with Crippen LogP contribution in [-0.4, -0.2) is 22.2 Å². The van der Waals surface area contributed by atoms with Gasteiger partial charge in [-0.2, -0.15) is 4.98 Å². The van der Waals surface area contributed by atoms with Crippen molar-refractivity contribution in [1.82, 2.24) is 15.1 Å². The van der Waals surface area contributed by atoms with Gasteiger partial charge in [-0.05, 0) is 36.4 Å². The molecule has 0 radical (unpaired) electrons. The molecule has 124 valence electrons. The van der Waals surface area contributed by atoms with E-state index in [0.717, 1.165) is 17.0 Å². The largest absolute Gasteiger partial charge is 0.497 e. The van der Waals surface area contributed by atoms with E-state index in [0.29, 0.717) is 27.6 Å². The Morgan fingerprint density at radius 1 is 1.00 bits per heavy atom. The molecule has 25 heavy (non-hydrogen) atoms. The topological polar surface area (TPSA) is 73.1 Å². The summed E-state index contributed by atoms with van der Waals surface area (Å²) < 4.78 is 10.5. The summed E-state index contributed by atoms with van der Waals surface area (Å²) in [6.45, 7) is 0. The van der Waals surface area contributed by atoms with Crippen molar-refractivity contribution in [2.75, 3.05) is 12.4 Å². The van der Waals surface area contributed by atoms with E-state index < -0.39 is 0 Å². The molecule has 0 bridgehead atoms. The molecule has 0 fully saturated rings. The lowest BCUT2D eigenvalue weighted by molar-refractivity contribution is 0.415. The Hall–Kier alpha value is -3.12. The number of methoxy groups -OCH3 is 1. The Morgan fingerprint density at radius 2 is 1.76 bits per heavy atom. The van der Waals surface area contributed by atoms with E-state index in [2.05, 4.69) is 20.4 Å². The minimum Gasteiger partial charge on any atom is -0.497 e. The molecule has 0 unspecified atom stereocenters. The molecule has 0 amide bonds. The van der Waals surface area contributed by atoms with Gasteiger partial charge in [-0.25, -0.2) is 4.98 Å². The third kappa shape index (κ3) is 2.99. The number of hydrogen-bond acceptors (Lipinski definition) is 6. The number of nitrogens with zero attached hydrogens (tertiary/aromatic N) is 3. The number of ether oxygens (including phenoxy) is 1. The van der Waals surface area contributed by atoms with Crippen molar-refractivity contribution >= 4 is 34.2 Å². The smallest absolute Gasteiger partial charge is 0.263 e. The summed E-state index contributed by atoms with van der Waals surface area (Å²) in [7, 11) is 1.63. The molecule has 4 aromatic rings. The quantitative estimate of drug-likeness (QED) is 0.574. The second-order valence-electron chi connectivity index (χ2n) is 5.29. The molecule has 1 N–H and O–H groups in total. The summed E-state index contributed by atoms with van der Waals surface area (Å²) in [5.74, 6) is 1.39. The van der Waals surface area contributed by atoms with Gasteiger partial charge in [0, 0.05) is 16.3 Å². The Bertz CT molecular complexity index is 1010. The van der Waals surface area contributed by atoms with Crippen molar-refractivity contribution in [2.24, 2.45) is 0 Å². The molecule has 0 saturated carbocycles. The first kappa shape index (κ1) is 15.4. The molecule has 0 atom stereocenters. The molecule has 0 spiro atoms. The van der Waals surface area contributed by atoms with E-state index in [4.69, 9.17) is 20.9 Å². The third-order valence-corrected chi connectivity index (χ3v) is 4.00. The molecule has 6 nitrogen and oxygen atoms in total. The van der Waals surface area contributed by atoms with Gasteiger partial charge in [-0.1, -0.05) is 28.9 Å². The summed E-state index contributed by atoms with van der Waals surface area (Å²) in [6, 6.07) is 14.9. The van der Waals surface area contributed by atoms with E-state index >= 15 is 0 Å². The maximum absolute atomic E-state index is 5.96. The summed E-state index contributed by atoms with van der Waals surface area (Å²) in [5, 5.41) is 8.78. The van der Waals surface area contributed by atoms with E-state index in [-0.39, 0.29) is 0 Å². The summed E-state index contributed by atoms with van der Waals surface area (Å²) in [6.07, 6.45) is 1.44. The maximum Gasteiger partial charge on any atom is 0.263 e. The SMILES string of the molecule is COc1ccc(Nc2ncnc3onc(-c4ccc(Cl)cc4)c23)cc1. The fourth-order valence-electron chi connectivity index (χ4n) is 2.50. The van der Waals surface area contributed by atoms with E-state index in [9.17, 15) is 0 Å². The standard InChI is InChI=1S/C18H13ClN4O2/c1-24-14-8-6-13(7-9-14)22-17-15-16(11-2-4-12(19)5-3-11)23-25-18(15)21-10-20-17/h2-10H,1H3,(H,20,21,22). The monoisotopic (exact) mass is 352 g/mol. The van der Waals surface area contributed by atoms with Gasteiger partial charge in [0.05, 0.1) is 7.11 Å². The van der Waals surface area contributed by atoms with Crippen molar-refractivity contribution in [2.45, 2.75) is 0 Å². The van der Waals surface area contributed by atoms with Gasteiger partial charge in [-0.3, -0.25) is 0 Å². The number of anilines is 2. The Morgan fingerprint density at radius 3 is 2.48 bits per heavy atom. The molecule has 2 aromatic carbocycles. The van der Waals surface area contributed by atoms with Crippen LogP contribution in [0.4, 0.5) is 11.5 Å². The minimum atomic E-state index is 0.413. The molecular formula is C18H13ClN4O2. The van der Waals surface area contributed by atoms with Crippen LogP contribution in [0.5, 0.6) is 5.75 Å². The minimum absolute atomic E-state index is 0.413. The van der Waals surface area contributed by atoms with E-state index in [1.54, 1.807) is 19.2 Å². The number of hydrogen-bond donors (Lipinski definition) is 1. The molecule has 0 aliphatic rings. The van der Waals surface area contributed by atoms with Crippen LogP contribution in [0.3, 0.4) is 0 Å². The van der Waals surface area contributed by atoms with Crippen molar-refractivity contribution in [3.8, 4) is 17.0 Å². The van der Waals surface area contributed by atoms with Crippen molar-refractivity contribution in [1.29, 1.82) is 0 Å². The third-order valence-electron chi connectivity index (χ3n) is 3.74. The highest BCUT2D eigenvalue weighted by atomic mass is 35.5. The van der Waals surface area contributed by atoms with Crippen molar-refractivity contribution < 1.29 is 9.26 Å². The van der Waals surface area contributed by atoms with Gasteiger partial charge >= 0.3 is 0 Å². The van der Waals surface area contributed by atoms with Crippen LogP contribution in [0, 0.1) is 0 Å². The highest BCUT2D eigenvalue weighted by molar-refractivity contribution is 6.30. The zero-order valence-corrected chi connectivity index (χ0v) is 14.0. The lowest BCUT2D eigenvalue weighted by Gasteiger charge is -2.07. The lowest BCUT2D eigenvalue weighted by atomic mass is 10.1. The van der Waals surface area contributed by atoms with Crippen LogP contribution in [-0.2, 0) is 0 Å². The number of halogens is 1. The first-order valence-electron chi connectivity index (χ1n) is 7.52. The fourth-order valence-corrected chi connectivity index (χ4v) is 2.62. The average Bonchev–Trinajstić information content (AvgIpc) is 3.08. The van der Waals surface area contributed by atoms with Crippen LogP contribution in [0.2, 0.25) is 5.02 Å². The van der Waals surface area contributed by atoms with Gasteiger partial charge in [0.1, 0.15) is 29.0 Å². The van der Waals surface area contributed by atoms with E-state index in [1.807, 2.05) is 36.4 Å². The fraction of sp³-hybridized carbons (Fsp3) is 0.0556. The second-order valence-corrected chi connectivity index (χ2v) is 5.73. The van der Waals surface area contributed by atoms with Crippen LogP contribution >= 0.6 is 11.6 Å². The molecule has 0 aliphatic heterocycles. The van der Waals surface area contributed by atoms with Gasteiger partial charge < -0.3 is 14.6 Å². The van der Waals surface area contributed by atoms with Gasteiger partial charge in [0.25, 0.3) is 5.71 Å². The molecular weight excluding hydrogens is 340 g/mol. The van der Waals surface area contributed by atoms with Gasteiger partial charge in [0.15, 0.2) is 0 Å². The number of fused-ring (bicyclic) bond motifs is 1. The van der Waals surface area contributed by atoms with Crippen molar-refractivity contribution in [3.63, 3.8) is 0 Å². The molecule has 0 aliphatic carbocycles. The Labute approximate surface area is 148 Å². The first-order chi connectivity index (χ1) is 12.2. The summed E-state index contributed by atoms with van der Waals surface area (Å²) in [4.78, 5) is 8.49. The molecule has 4 rings (SSSR count). The van der Waals surface area contributed by atoms with Crippen molar-refractivity contribution in [3.05, 3.63) is 59.9 Å². The zero-order chi connectivity index (χ0) is 17.2. The van der Waals surface area contributed by atoms with Gasteiger partial charge in [0.2, 0.25) is 0 Å². The highest BCUT2D eigenvalue weighted by Crippen LogP contribution is 2.33. The molecule has 2 heterocycles. The number of benzene rings is 2. The Balaban J connectivity index is 1.78. The van der Waals surface area contributed by atoms with E-state index in [1.165, 1.54) is 6.33 Å². The summed E-state index contributed by atoms with van der Waals surface area (Å²) >= 11 is 5.96. The highest BCUT2D eigenvalue weighted by Gasteiger charge is 2.17. The number of nitrogens with one attached hydrogen (secondary N) is 1. The first-order valence-corrected chi connectivity index (χ1v) is 7.90. The summed E-state index contributed by atoms with van der Waals surface area (Å²) in [5.41, 5.74) is 2.80. The van der Waals surface area contributed by atoms with Crippen LogP contribution in [0.25, 0.3) is 22.4 Å². The molecule has 7 heteroatoms. The Kier molecular flexibility index (Phi) is 3.95. The van der Waals surface area contributed by atoms with Crippen LogP contribution in [0.1, 0.15) is 0 Å². The number of aromatic nitrogens is 3. The number of rotatable bonds is 4. The van der Waals surface area contributed by atoms with Crippen LogP contribution < -0.4 is 10.1 Å². The predicted octanol–water partition coefficient (Wildman–Crippen LogP) is 4.69. The normalized spacial score (nSPS) is 10.8. The average molecular weight is 353 g/mol. The predicted molar refractivity (Wildman–Crippen MR) is 96.3 cm³/mol. The molecule has 0 saturated heterocycles. The lowest BCUT2D eigenvalue weighted by Crippen LogP contribution is -1.96.